The normalized spacial score (nSPS) is 21.8. The van der Waals surface area contributed by atoms with E-state index in [0.29, 0.717) is 33.2 Å². The van der Waals surface area contributed by atoms with Gasteiger partial charge in [-0.05, 0) is 44.1 Å². The third kappa shape index (κ3) is 3.26. The lowest BCUT2D eigenvalue weighted by Gasteiger charge is -2.42. The van der Waals surface area contributed by atoms with Crippen LogP contribution < -0.4 is 16.2 Å². The van der Waals surface area contributed by atoms with E-state index >= 15 is 0 Å². The Morgan fingerprint density at radius 2 is 2.00 bits per heavy atom. The molecule has 3 N–H and O–H groups in total. The minimum atomic E-state index is -0.196. The van der Waals surface area contributed by atoms with Gasteiger partial charge in [-0.3, -0.25) is 4.79 Å². The van der Waals surface area contributed by atoms with Gasteiger partial charge in [-0.1, -0.05) is 41.8 Å². The third-order valence-corrected chi connectivity index (χ3v) is 7.15. The number of hydrogen-bond donors (Lipinski definition) is 2. The zero-order valence-corrected chi connectivity index (χ0v) is 16.9. The molecule has 1 aromatic carbocycles. The number of aromatic nitrogens is 2. The van der Waals surface area contributed by atoms with Gasteiger partial charge >= 0.3 is 0 Å². The summed E-state index contributed by atoms with van der Waals surface area (Å²) in [5, 5.41) is 0.871. The Labute approximate surface area is 168 Å². The average Bonchev–Trinajstić information content (AvgIpc) is 3.00. The molecule has 7 heteroatoms. The van der Waals surface area contributed by atoms with E-state index < -0.39 is 0 Å². The number of rotatable bonds is 2. The molecule has 2 heterocycles. The van der Waals surface area contributed by atoms with E-state index in [0.717, 1.165) is 38.0 Å². The van der Waals surface area contributed by atoms with Crippen molar-refractivity contribution in [2.75, 3.05) is 18.0 Å². The van der Waals surface area contributed by atoms with Gasteiger partial charge in [-0.15, -0.1) is 0 Å². The Morgan fingerprint density at radius 3 is 2.67 bits per heavy atom. The maximum atomic E-state index is 12.8. The van der Waals surface area contributed by atoms with Gasteiger partial charge in [-0.25, -0.2) is 4.98 Å². The van der Waals surface area contributed by atoms with Crippen molar-refractivity contribution in [3.8, 4) is 11.3 Å². The van der Waals surface area contributed by atoms with Crippen molar-refractivity contribution < 1.29 is 0 Å². The molecule has 2 fully saturated rings. The van der Waals surface area contributed by atoms with E-state index in [2.05, 4.69) is 14.9 Å². The van der Waals surface area contributed by atoms with Crippen LogP contribution in [-0.2, 0) is 0 Å². The van der Waals surface area contributed by atoms with Crippen LogP contribution in [0, 0.1) is 12.3 Å². The van der Waals surface area contributed by atoms with Crippen LogP contribution >= 0.6 is 23.2 Å². The molecule has 27 heavy (non-hydrogen) atoms. The number of nitrogens with one attached hydrogen (secondary N) is 1. The molecule has 0 amide bonds. The van der Waals surface area contributed by atoms with Gasteiger partial charge in [0.25, 0.3) is 5.56 Å². The quantitative estimate of drug-likeness (QED) is 0.784. The van der Waals surface area contributed by atoms with Crippen LogP contribution in [0.4, 0.5) is 5.82 Å². The lowest BCUT2D eigenvalue weighted by atomic mass is 9.74. The fourth-order valence-corrected chi connectivity index (χ4v) is 5.04. The van der Waals surface area contributed by atoms with Crippen LogP contribution in [0.15, 0.2) is 23.0 Å². The van der Waals surface area contributed by atoms with Crippen molar-refractivity contribution in [2.45, 2.75) is 45.1 Å². The number of piperidine rings is 1. The van der Waals surface area contributed by atoms with Crippen LogP contribution in [0.25, 0.3) is 11.3 Å². The standard InChI is InChI=1S/C20H24Cl2N4O/c1-12-17(13-4-2-5-14(21)16(13)22)25-19(27)18(24-12)26-10-8-20(9-11-26)7-3-6-15(20)23/h2,4-5,15H,3,6-11,23H2,1H3,(H,25,27). The number of hydrogen-bond acceptors (Lipinski definition) is 4. The number of aromatic amines is 1. The number of H-pyrrole nitrogens is 1. The first-order chi connectivity index (χ1) is 12.9. The first kappa shape index (κ1) is 18.8. The van der Waals surface area contributed by atoms with E-state index in [1.807, 2.05) is 19.1 Å². The second-order valence-electron chi connectivity index (χ2n) is 7.80. The van der Waals surface area contributed by atoms with Crippen molar-refractivity contribution in [1.82, 2.24) is 9.97 Å². The molecule has 2 aromatic rings. The molecule has 1 atom stereocenters. The highest BCUT2D eigenvalue weighted by Crippen LogP contribution is 2.45. The summed E-state index contributed by atoms with van der Waals surface area (Å²) in [7, 11) is 0. The lowest BCUT2D eigenvalue weighted by Crippen LogP contribution is -2.48. The van der Waals surface area contributed by atoms with Crippen molar-refractivity contribution in [2.24, 2.45) is 11.1 Å². The van der Waals surface area contributed by atoms with Crippen molar-refractivity contribution >= 4 is 29.0 Å². The first-order valence-electron chi connectivity index (χ1n) is 9.47. The van der Waals surface area contributed by atoms with E-state index in [4.69, 9.17) is 28.9 Å². The highest BCUT2D eigenvalue weighted by atomic mass is 35.5. The van der Waals surface area contributed by atoms with Crippen LogP contribution in [0.3, 0.4) is 0 Å². The minimum Gasteiger partial charge on any atom is -0.352 e. The van der Waals surface area contributed by atoms with Gasteiger partial charge in [0.2, 0.25) is 0 Å². The van der Waals surface area contributed by atoms with E-state index in [1.54, 1.807) is 6.07 Å². The summed E-state index contributed by atoms with van der Waals surface area (Å²) < 4.78 is 0. The molecule has 1 aromatic heterocycles. The summed E-state index contributed by atoms with van der Waals surface area (Å²) in [5.74, 6) is 0.482. The van der Waals surface area contributed by atoms with Gasteiger partial charge in [0.05, 0.1) is 21.4 Å². The Morgan fingerprint density at radius 1 is 1.26 bits per heavy atom. The topological polar surface area (TPSA) is 75.0 Å². The zero-order chi connectivity index (χ0) is 19.2. The number of anilines is 1. The Kier molecular flexibility index (Phi) is 4.95. The molecule has 1 saturated heterocycles. The molecule has 5 nitrogen and oxygen atoms in total. The van der Waals surface area contributed by atoms with Crippen LogP contribution in [0.2, 0.25) is 10.0 Å². The molecule has 1 unspecified atom stereocenters. The van der Waals surface area contributed by atoms with E-state index in [-0.39, 0.29) is 11.0 Å². The summed E-state index contributed by atoms with van der Waals surface area (Å²) in [6.07, 6.45) is 5.59. The minimum absolute atomic E-state index is 0.196. The van der Waals surface area contributed by atoms with Gasteiger partial charge in [0.1, 0.15) is 0 Å². The summed E-state index contributed by atoms with van der Waals surface area (Å²) in [6.45, 7) is 3.52. The summed E-state index contributed by atoms with van der Waals surface area (Å²) >= 11 is 12.4. The Balaban J connectivity index is 1.62. The summed E-state index contributed by atoms with van der Waals surface area (Å²) in [6, 6.07) is 5.66. The lowest BCUT2D eigenvalue weighted by molar-refractivity contribution is 0.197. The molecule has 1 aliphatic carbocycles. The van der Waals surface area contributed by atoms with Crippen LogP contribution in [-0.4, -0.2) is 29.1 Å². The van der Waals surface area contributed by atoms with Gasteiger partial charge in [0.15, 0.2) is 5.82 Å². The van der Waals surface area contributed by atoms with Crippen molar-refractivity contribution in [3.63, 3.8) is 0 Å². The molecular formula is C20H24Cl2N4O. The van der Waals surface area contributed by atoms with Crippen molar-refractivity contribution in [1.29, 1.82) is 0 Å². The molecule has 1 saturated carbocycles. The molecule has 144 valence electrons. The zero-order valence-electron chi connectivity index (χ0n) is 15.4. The van der Waals surface area contributed by atoms with E-state index in [1.165, 1.54) is 12.8 Å². The highest BCUT2D eigenvalue weighted by molar-refractivity contribution is 6.43. The van der Waals surface area contributed by atoms with E-state index in [9.17, 15) is 4.79 Å². The monoisotopic (exact) mass is 406 g/mol. The smallest absolute Gasteiger partial charge is 0.291 e. The predicted molar refractivity (Wildman–Crippen MR) is 111 cm³/mol. The maximum Gasteiger partial charge on any atom is 0.291 e. The predicted octanol–water partition coefficient (Wildman–Crippen LogP) is 4.15. The maximum absolute atomic E-state index is 12.8. The van der Waals surface area contributed by atoms with Gasteiger partial charge in [0, 0.05) is 24.7 Å². The number of nitrogens with two attached hydrogens (primary N) is 1. The molecule has 1 spiro atoms. The molecule has 0 radical (unpaired) electrons. The summed E-state index contributed by atoms with van der Waals surface area (Å²) in [5.41, 5.74) is 8.46. The molecule has 2 aliphatic rings. The number of nitrogens with zero attached hydrogens (tertiary/aromatic N) is 2. The van der Waals surface area contributed by atoms with Crippen LogP contribution in [0.1, 0.15) is 37.8 Å². The van der Waals surface area contributed by atoms with Gasteiger partial charge in [-0.2, -0.15) is 0 Å². The van der Waals surface area contributed by atoms with Gasteiger partial charge < -0.3 is 15.6 Å². The Bertz CT molecular complexity index is 919. The summed E-state index contributed by atoms with van der Waals surface area (Å²) in [4.78, 5) is 22.5. The fraction of sp³-hybridized carbons (Fsp3) is 0.500. The first-order valence-corrected chi connectivity index (χ1v) is 10.2. The second-order valence-corrected chi connectivity index (χ2v) is 8.58. The number of benzene rings is 1. The average molecular weight is 407 g/mol. The fourth-order valence-electron chi connectivity index (χ4n) is 4.65. The number of halogens is 2. The number of aryl methyl sites for hydroxylation is 1. The van der Waals surface area contributed by atoms with Crippen molar-refractivity contribution in [3.05, 3.63) is 44.3 Å². The Hall–Kier alpha value is -1.56. The second kappa shape index (κ2) is 7.12. The molecule has 1 aliphatic heterocycles. The highest BCUT2D eigenvalue weighted by Gasteiger charge is 2.43. The third-order valence-electron chi connectivity index (χ3n) is 6.33. The molecule has 0 bridgehead atoms. The largest absolute Gasteiger partial charge is 0.352 e. The SMILES string of the molecule is Cc1nc(N2CCC3(CCCC3N)CC2)c(=O)[nH]c1-c1cccc(Cl)c1Cl. The molecule has 4 rings (SSSR count). The van der Waals surface area contributed by atoms with Crippen LogP contribution in [0.5, 0.6) is 0 Å². The molecular weight excluding hydrogens is 383 g/mol.